The van der Waals surface area contributed by atoms with Crippen LogP contribution in [0.4, 0.5) is 11.4 Å². The Morgan fingerprint density at radius 1 is 1.14 bits per heavy atom. The number of carbonyl (C=O) groups is 2. The van der Waals surface area contributed by atoms with Crippen molar-refractivity contribution in [2.45, 2.75) is 13.8 Å². The number of Topliss-reactive ketones (excluding diaryl/α,β-unsaturated/α-hetero) is 1. The van der Waals surface area contributed by atoms with Gasteiger partial charge in [0.2, 0.25) is 0 Å². The first-order valence-corrected chi connectivity index (χ1v) is 6.85. The molecule has 0 saturated heterocycles. The van der Waals surface area contributed by atoms with Crippen LogP contribution in [0, 0.1) is 6.92 Å². The van der Waals surface area contributed by atoms with Crippen LogP contribution in [0.25, 0.3) is 0 Å². The van der Waals surface area contributed by atoms with Crippen LogP contribution < -0.4 is 15.8 Å². The van der Waals surface area contributed by atoms with Crippen molar-refractivity contribution in [2.24, 2.45) is 0 Å². The van der Waals surface area contributed by atoms with Gasteiger partial charge in [0.05, 0.1) is 5.69 Å². The van der Waals surface area contributed by atoms with Crippen molar-refractivity contribution in [2.75, 3.05) is 17.7 Å². The third kappa shape index (κ3) is 4.09. The van der Waals surface area contributed by atoms with Crippen molar-refractivity contribution in [3.63, 3.8) is 0 Å². The van der Waals surface area contributed by atoms with Crippen molar-refractivity contribution in [1.29, 1.82) is 0 Å². The Morgan fingerprint density at radius 2 is 1.82 bits per heavy atom. The summed E-state index contributed by atoms with van der Waals surface area (Å²) < 4.78 is 5.38. The van der Waals surface area contributed by atoms with Crippen LogP contribution in [0.1, 0.15) is 22.8 Å². The molecular weight excluding hydrogens is 280 g/mol. The van der Waals surface area contributed by atoms with E-state index in [2.05, 4.69) is 5.32 Å². The van der Waals surface area contributed by atoms with Crippen molar-refractivity contribution < 1.29 is 14.3 Å². The average molecular weight is 298 g/mol. The maximum atomic E-state index is 11.8. The smallest absolute Gasteiger partial charge is 0.262 e. The number of nitrogens with two attached hydrogens (primary N) is 1. The first-order valence-electron chi connectivity index (χ1n) is 6.85. The fourth-order valence-corrected chi connectivity index (χ4v) is 1.88. The Kier molecular flexibility index (Phi) is 4.78. The fraction of sp³-hybridized carbons (Fsp3) is 0.176. The monoisotopic (exact) mass is 298 g/mol. The molecule has 114 valence electrons. The molecule has 0 aliphatic rings. The molecule has 0 heterocycles. The van der Waals surface area contributed by atoms with Gasteiger partial charge in [0.15, 0.2) is 12.4 Å². The molecular formula is C17H18N2O3. The highest BCUT2D eigenvalue weighted by Gasteiger charge is 2.08. The van der Waals surface area contributed by atoms with Gasteiger partial charge in [-0.1, -0.05) is 17.7 Å². The summed E-state index contributed by atoms with van der Waals surface area (Å²) in [5, 5.41) is 2.73. The maximum absolute atomic E-state index is 11.8. The predicted octanol–water partition coefficient (Wildman–Crippen LogP) is 2.80. The van der Waals surface area contributed by atoms with E-state index in [0.717, 1.165) is 5.56 Å². The molecule has 0 saturated carbocycles. The topological polar surface area (TPSA) is 81.4 Å². The standard InChI is InChI=1S/C17H18N2O3/c1-11-3-6-14(7-4-11)19-17(21)10-22-16-8-5-13(12(2)20)9-15(16)18/h3-9H,10,18H2,1-2H3,(H,19,21). The van der Waals surface area contributed by atoms with Crippen LogP contribution in [-0.4, -0.2) is 18.3 Å². The molecule has 1 amide bonds. The summed E-state index contributed by atoms with van der Waals surface area (Å²) in [6, 6.07) is 12.2. The van der Waals surface area contributed by atoms with Crippen LogP contribution in [0.15, 0.2) is 42.5 Å². The normalized spacial score (nSPS) is 10.1. The molecule has 0 bridgehead atoms. The first-order chi connectivity index (χ1) is 10.5. The highest BCUT2D eigenvalue weighted by atomic mass is 16.5. The fourth-order valence-electron chi connectivity index (χ4n) is 1.88. The zero-order valence-corrected chi connectivity index (χ0v) is 12.6. The Balaban J connectivity index is 1.93. The van der Waals surface area contributed by atoms with Crippen LogP contribution in [0.5, 0.6) is 5.75 Å². The van der Waals surface area contributed by atoms with E-state index >= 15 is 0 Å². The van der Waals surface area contributed by atoms with Gasteiger partial charge >= 0.3 is 0 Å². The maximum Gasteiger partial charge on any atom is 0.262 e. The molecule has 0 unspecified atom stereocenters. The quantitative estimate of drug-likeness (QED) is 0.657. The van der Waals surface area contributed by atoms with E-state index in [4.69, 9.17) is 10.5 Å². The summed E-state index contributed by atoms with van der Waals surface area (Å²) >= 11 is 0. The highest BCUT2D eigenvalue weighted by molar-refractivity contribution is 5.95. The van der Waals surface area contributed by atoms with Crippen molar-refractivity contribution in [3.05, 3.63) is 53.6 Å². The number of ether oxygens (including phenoxy) is 1. The number of carbonyl (C=O) groups excluding carboxylic acids is 2. The minimum absolute atomic E-state index is 0.0737. The summed E-state index contributed by atoms with van der Waals surface area (Å²) in [5.74, 6) is 0.0262. The van der Waals surface area contributed by atoms with E-state index in [1.807, 2.05) is 31.2 Å². The number of hydrogen-bond acceptors (Lipinski definition) is 4. The van der Waals surface area contributed by atoms with Gasteiger partial charge in [0.1, 0.15) is 5.75 Å². The van der Waals surface area contributed by atoms with Crippen molar-refractivity contribution >= 4 is 23.1 Å². The molecule has 5 heteroatoms. The summed E-state index contributed by atoms with van der Waals surface area (Å²) in [4.78, 5) is 23.1. The van der Waals surface area contributed by atoms with E-state index in [9.17, 15) is 9.59 Å². The second-order valence-corrected chi connectivity index (χ2v) is 5.01. The third-order valence-electron chi connectivity index (χ3n) is 3.11. The van der Waals surface area contributed by atoms with Gasteiger partial charge in [-0.25, -0.2) is 0 Å². The Bertz CT molecular complexity index is 694. The van der Waals surface area contributed by atoms with Gasteiger partial charge in [-0.15, -0.1) is 0 Å². The number of aryl methyl sites for hydroxylation is 1. The van der Waals surface area contributed by atoms with Crippen molar-refractivity contribution in [1.82, 2.24) is 0 Å². The molecule has 0 aliphatic carbocycles. The summed E-state index contributed by atoms with van der Waals surface area (Å²) in [6.45, 7) is 3.28. The summed E-state index contributed by atoms with van der Waals surface area (Å²) in [7, 11) is 0. The molecule has 3 N–H and O–H groups in total. The molecule has 0 spiro atoms. The molecule has 2 rings (SSSR count). The number of amides is 1. The molecule has 0 radical (unpaired) electrons. The number of rotatable bonds is 5. The van der Waals surface area contributed by atoms with E-state index in [1.165, 1.54) is 13.0 Å². The van der Waals surface area contributed by atoms with E-state index in [-0.39, 0.29) is 18.3 Å². The first kappa shape index (κ1) is 15.6. The molecule has 0 fully saturated rings. The number of nitrogen functional groups attached to an aromatic ring is 1. The number of hydrogen-bond donors (Lipinski definition) is 2. The van der Waals surface area contributed by atoms with Gasteiger partial charge < -0.3 is 15.8 Å². The zero-order chi connectivity index (χ0) is 16.1. The largest absolute Gasteiger partial charge is 0.482 e. The minimum Gasteiger partial charge on any atom is -0.482 e. The Morgan fingerprint density at radius 3 is 2.41 bits per heavy atom. The van der Waals surface area contributed by atoms with E-state index in [0.29, 0.717) is 22.7 Å². The molecule has 0 atom stereocenters. The lowest BCUT2D eigenvalue weighted by atomic mass is 10.1. The van der Waals surface area contributed by atoms with Gasteiger partial charge in [0, 0.05) is 11.3 Å². The Labute approximate surface area is 129 Å². The lowest BCUT2D eigenvalue weighted by molar-refractivity contribution is -0.118. The van der Waals surface area contributed by atoms with Crippen LogP contribution in [0.3, 0.4) is 0 Å². The van der Waals surface area contributed by atoms with Gasteiger partial charge in [0.25, 0.3) is 5.91 Å². The minimum atomic E-state index is -0.279. The highest BCUT2D eigenvalue weighted by Crippen LogP contribution is 2.22. The lowest BCUT2D eigenvalue weighted by Gasteiger charge is -2.10. The molecule has 0 aromatic heterocycles. The van der Waals surface area contributed by atoms with Crippen LogP contribution >= 0.6 is 0 Å². The number of nitrogens with one attached hydrogen (secondary N) is 1. The Hall–Kier alpha value is -2.82. The van der Waals surface area contributed by atoms with Crippen LogP contribution in [-0.2, 0) is 4.79 Å². The lowest BCUT2D eigenvalue weighted by Crippen LogP contribution is -2.20. The predicted molar refractivity (Wildman–Crippen MR) is 86.2 cm³/mol. The van der Waals surface area contributed by atoms with Gasteiger partial charge in [-0.3, -0.25) is 9.59 Å². The molecule has 5 nitrogen and oxygen atoms in total. The number of benzene rings is 2. The molecule has 2 aromatic carbocycles. The zero-order valence-electron chi connectivity index (χ0n) is 12.6. The third-order valence-corrected chi connectivity index (χ3v) is 3.11. The average Bonchev–Trinajstić information content (AvgIpc) is 2.48. The molecule has 22 heavy (non-hydrogen) atoms. The number of ketones is 1. The van der Waals surface area contributed by atoms with Gasteiger partial charge in [-0.05, 0) is 44.2 Å². The van der Waals surface area contributed by atoms with E-state index in [1.54, 1.807) is 12.1 Å². The van der Waals surface area contributed by atoms with Crippen LogP contribution in [0.2, 0.25) is 0 Å². The molecule has 2 aromatic rings. The SMILES string of the molecule is CC(=O)c1ccc(OCC(=O)Nc2ccc(C)cc2)c(N)c1. The second kappa shape index (κ2) is 6.76. The number of anilines is 2. The van der Waals surface area contributed by atoms with Crippen molar-refractivity contribution in [3.8, 4) is 5.75 Å². The molecule has 0 aliphatic heterocycles. The van der Waals surface area contributed by atoms with E-state index < -0.39 is 0 Å². The van der Waals surface area contributed by atoms with Gasteiger partial charge in [-0.2, -0.15) is 0 Å². The summed E-state index contributed by atoms with van der Waals surface area (Å²) in [6.07, 6.45) is 0. The second-order valence-electron chi connectivity index (χ2n) is 5.01. The summed E-state index contributed by atoms with van der Waals surface area (Å²) in [5.41, 5.74) is 8.47.